The van der Waals surface area contributed by atoms with Gasteiger partial charge in [0.2, 0.25) is 4.96 Å². The maximum absolute atomic E-state index is 5.29. The van der Waals surface area contributed by atoms with Crippen LogP contribution in [-0.4, -0.2) is 28.8 Å². The molecule has 6 nitrogen and oxygen atoms in total. The van der Waals surface area contributed by atoms with E-state index < -0.39 is 0 Å². The average molecular weight is 369 g/mol. The maximum Gasteiger partial charge on any atom is 0.213 e. The first-order valence-corrected chi connectivity index (χ1v) is 7.77. The zero-order valence-electron chi connectivity index (χ0n) is 11.5. The highest BCUT2D eigenvalue weighted by molar-refractivity contribution is 9.11. The Bertz CT molecular complexity index is 771. The minimum absolute atomic E-state index is 0.618. The van der Waals surface area contributed by atoms with E-state index in [9.17, 15) is 0 Å². The van der Waals surface area contributed by atoms with Crippen LogP contribution in [0, 0.1) is 0 Å². The predicted molar refractivity (Wildman–Crippen MR) is 85.4 cm³/mol. The first-order valence-electron chi connectivity index (χ1n) is 6.16. The lowest BCUT2D eigenvalue weighted by Gasteiger charge is -2.10. The number of hydrogen-bond donors (Lipinski definition) is 1. The van der Waals surface area contributed by atoms with Crippen molar-refractivity contribution < 1.29 is 9.47 Å². The molecule has 3 aromatic rings. The maximum atomic E-state index is 5.29. The summed E-state index contributed by atoms with van der Waals surface area (Å²) in [6.07, 6.45) is 1.82. The molecule has 0 bridgehead atoms. The molecule has 0 saturated carbocycles. The van der Waals surface area contributed by atoms with Crippen LogP contribution in [0.1, 0.15) is 5.69 Å². The fraction of sp³-hybridized carbons (Fsp3) is 0.231. The van der Waals surface area contributed by atoms with Gasteiger partial charge in [0.1, 0.15) is 0 Å². The molecule has 0 spiro atoms. The lowest BCUT2D eigenvalue weighted by atomic mass is 10.2. The SMILES string of the molecule is COc1ccc(NCc2cnc3sc(Br)nn23)cc1OC. The molecule has 0 fully saturated rings. The molecule has 1 N–H and O–H groups in total. The summed E-state index contributed by atoms with van der Waals surface area (Å²) in [5.41, 5.74) is 1.93. The normalized spacial score (nSPS) is 10.8. The van der Waals surface area contributed by atoms with E-state index in [1.807, 2.05) is 28.9 Å². The van der Waals surface area contributed by atoms with Gasteiger partial charge in [-0.2, -0.15) is 0 Å². The van der Waals surface area contributed by atoms with Gasteiger partial charge in [0.25, 0.3) is 0 Å². The summed E-state index contributed by atoms with van der Waals surface area (Å²) in [4.78, 5) is 5.18. The van der Waals surface area contributed by atoms with Crippen LogP contribution in [0.2, 0.25) is 0 Å². The summed E-state index contributed by atoms with van der Waals surface area (Å²) in [5, 5.41) is 7.68. The third-order valence-electron chi connectivity index (χ3n) is 2.99. The lowest BCUT2D eigenvalue weighted by molar-refractivity contribution is 0.355. The number of benzene rings is 1. The fourth-order valence-electron chi connectivity index (χ4n) is 1.97. The largest absolute Gasteiger partial charge is 0.493 e. The molecule has 0 unspecified atom stereocenters. The van der Waals surface area contributed by atoms with E-state index in [4.69, 9.17) is 9.47 Å². The van der Waals surface area contributed by atoms with Crippen molar-refractivity contribution in [2.24, 2.45) is 0 Å². The van der Waals surface area contributed by atoms with Crippen LogP contribution in [-0.2, 0) is 6.54 Å². The molecule has 0 amide bonds. The van der Waals surface area contributed by atoms with E-state index >= 15 is 0 Å². The molecular formula is C13H13BrN4O2S. The van der Waals surface area contributed by atoms with E-state index in [1.54, 1.807) is 14.2 Å². The van der Waals surface area contributed by atoms with Crippen molar-refractivity contribution in [2.75, 3.05) is 19.5 Å². The van der Waals surface area contributed by atoms with Gasteiger partial charge in [0, 0.05) is 11.8 Å². The van der Waals surface area contributed by atoms with Gasteiger partial charge in [-0.1, -0.05) is 11.3 Å². The van der Waals surface area contributed by atoms with Crippen molar-refractivity contribution in [3.63, 3.8) is 0 Å². The second-order valence-electron chi connectivity index (χ2n) is 4.22. The molecule has 110 valence electrons. The Hall–Kier alpha value is -1.80. The van der Waals surface area contributed by atoms with E-state index in [0.29, 0.717) is 18.0 Å². The summed E-state index contributed by atoms with van der Waals surface area (Å²) in [7, 11) is 3.24. The molecule has 0 aliphatic rings. The lowest BCUT2D eigenvalue weighted by Crippen LogP contribution is -2.03. The first kappa shape index (κ1) is 14.2. The monoisotopic (exact) mass is 368 g/mol. The van der Waals surface area contributed by atoms with E-state index in [1.165, 1.54) is 11.3 Å². The third-order valence-corrected chi connectivity index (χ3v) is 4.34. The Labute approximate surface area is 133 Å². The molecule has 0 radical (unpaired) electrons. The Morgan fingerprint density at radius 3 is 2.86 bits per heavy atom. The minimum atomic E-state index is 0.618. The second-order valence-corrected chi connectivity index (χ2v) is 6.45. The summed E-state index contributed by atoms with van der Waals surface area (Å²) in [6, 6.07) is 5.71. The van der Waals surface area contributed by atoms with Gasteiger partial charge in [-0.05, 0) is 28.1 Å². The number of nitrogens with one attached hydrogen (secondary N) is 1. The number of halogens is 1. The van der Waals surface area contributed by atoms with E-state index in [0.717, 1.165) is 20.3 Å². The van der Waals surface area contributed by atoms with Crippen LogP contribution in [0.5, 0.6) is 11.5 Å². The highest BCUT2D eigenvalue weighted by atomic mass is 79.9. The number of hydrogen-bond acceptors (Lipinski definition) is 6. The fourth-order valence-corrected chi connectivity index (χ4v) is 3.19. The van der Waals surface area contributed by atoms with Crippen LogP contribution < -0.4 is 14.8 Å². The minimum Gasteiger partial charge on any atom is -0.493 e. The first-order chi connectivity index (χ1) is 10.2. The van der Waals surface area contributed by atoms with E-state index in [2.05, 4.69) is 31.3 Å². The van der Waals surface area contributed by atoms with Crippen LogP contribution in [0.25, 0.3) is 4.96 Å². The smallest absolute Gasteiger partial charge is 0.213 e. The van der Waals surface area contributed by atoms with Gasteiger partial charge in [-0.15, -0.1) is 5.10 Å². The number of methoxy groups -OCH3 is 2. The zero-order valence-corrected chi connectivity index (χ0v) is 13.9. The molecule has 0 aliphatic heterocycles. The summed E-state index contributed by atoms with van der Waals surface area (Å²) < 4.78 is 13.1. The quantitative estimate of drug-likeness (QED) is 0.749. The highest BCUT2D eigenvalue weighted by Crippen LogP contribution is 2.30. The average Bonchev–Trinajstić information content (AvgIpc) is 3.04. The number of imidazole rings is 1. The molecule has 2 aromatic heterocycles. The standard InChI is InChI=1S/C13H13BrN4O2S/c1-19-10-4-3-8(5-11(10)20-2)15-6-9-7-16-13-18(9)17-12(14)21-13/h3-5,7,15H,6H2,1-2H3. The molecule has 0 aliphatic carbocycles. The van der Waals surface area contributed by atoms with Crippen LogP contribution >= 0.6 is 27.3 Å². The molecule has 21 heavy (non-hydrogen) atoms. The van der Waals surface area contributed by atoms with Crippen molar-refractivity contribution in [1.82, 2.24) is 14.6 Å². The van der Waals surface area contributed by atoms with Gasteiger partial charge in [0.15, 0.2) is 15.4 Å². The Morgan fingerprint density at radius 2 is 2.10 bits per heavy atom. The summed E-state index contributed by atoms with van der Waals surface area (Å²) >= 11 is 4.86. The highest BCUT2D eigenvalue weighted by Gasteiger charge is 2.09. The molecule has 1 aromatic carbocycles. The van der Waals surface area contributed by atoms with Gasteiger partial charge in [-0.25, -0.2) is 9.50 Å². The summed E-state index contributed by atoms with van der Waals surface area (Å²) in [6.45, 7) is 0.618. The molecule has 0 saturated heterocycles. The molecule has 2 heterocycles. The zero-order chi connectivity index (χ0) is 14.8. The molecular weight excluding hydrogens is 356 g/mol. The van der Waals surface area contributed by atoms with Gasteiger partial charge < -0.3 is 14.8 Å². The van der Waals surface area contributed by atoms with Gasteiger partial charge >= 0.3 is 0 Å². The number of anilines is 1. The predicted octanol–water partition coefficient (Wildman–Crippen LogP) is 3.18. The molecule has 3 rings (SSSR count). The van der Waals surface area contributed by atoms with Crippen LogP contribution in [0.15, 0.2) is 28.3 Å². The van der Waals surface area contributed by atoms with Crippen molar-refractivity contribution in [2.45, 2.75) is 6.54 Å². The number of aromatic nitrogens is 3. The number of nitrogens with zero attached hydrogens (tertiary/aromatic N) is 3. The Balaban J connectivity index is 1.78. The van der Waals surface area contributed by atoms with Crippen LogP contribution in [0.4, 0.5) is 5.69 Å². The van der Waals surface area contributed by atoms with Crippen molar-refractivity contribution in [3.8, 4) is 11.5 Å². The second kappa shape index (κ2) is 5.90. The molecule has 0 atom stereocenters. The number of fused-ring (bicyclic) bond motifs is 1. The van der Waals surface area contributed by atoms with Crippen molar-refractivity contribution in [3.05, 3.63) is 34.0 Å². The molecule has 8 heteroatoms. The van der Waals surface area contributed by atoms with Crippen molar-refractivity contribution in [1.29, 1.82) is 0 Å². The Kier molecular flexibility index (Phi) is 3.98. The number of rotatable bonds is 5. The summed E-state index contributed by atoms with van der Waals surface area (Å²) in [5.74, 6) is 1.40. The van der Waals surface area contributed by atoms with Crippen molar-refractivity contribution >= 4 is 37.9 Å². The number of ether oxygens (including phenoxy) is 2. The topological polar surface area (TPSA) is 60.7 Å². The van der Waals surface area contributed by atoms with E-state index in [-0.39, 0.29) is 0 Å². The van der Waals surface area contributed by atoms with Gasteiger partial charge in [-0.3, -0.25) is 0 Å². The third kappa shape index (κ3) is 2.81. The van der Waals surface area contributed by atoms with Crippen LogP contribution in [0.3, 0.4) is 0 Å². The Morgan fingerprint density at radius 1 is 1.29 bits per heavy atom. The van der Waals surface area contributed by atoms with Gasteiger partial charge in [0.05, 0.1) is 32.7 Å².